The third kappa shape index (κ3) is 6.09. The summed E-state index contributed by atoms with van der Waals surface area (Å²) in [5.41, 5.74) is 0. The second-order valence-corrected chi connectivity index (χ2v) is 4.86. The van der Waals surface area contributed by atoms with Gasteiger partial charge in [-0.15, -0.1) is 12.4 Å². The van der Waals surface area contributed by atoms with Crippen molar-refractivity contribution in [2.75, 3.05) is 46.0 Å². The number of para-hydroxylation sites is 1. The van der Waals surface area contributed by atoms with Gasteiger partial charge in [0, 0.05) is 32.2 Å². The van der Waals surface area contributed by atoms with Gasteiger partial charge in [-0.1, -0.05) is 18.2 Å². The molecule has 4 nitrogen and oxygen atoms in total. The fraction of sp³-hybridized carbons (Fsp3) is 0.600. The number of benzene rings is 1. The Hall–Kier alpha value is -0.810. The normalized spacial score (nSPS) is 19.4. The molecule has 0 unspecified atom stereocenters. The van der Waals surface area contributed by atoms with Crippen molar-refractivity contribution in [1.29, 1.82) is 0 Å². The van der Waals surface area contributed by atoms with Gasteiger partial charge in [-0.25, -0.2) is 0 Å². The lowest BCUT2D eigenvalue weighted by Gasteiger charge is -2.33. The largest absolute Gasteiger partial charge is 0.491 e. The van der Waals surface area contributed by atoms with E-state index < -0.39 is 0 Å². The minimum absolute atomic E-state index is 0. The maximum absolute atomic E-state index is 5.62. The molecular formula is C15H25ClN2O2. The minimum Gasteiger partial charge on any atom is -0.491 e. The molecule has 0 bridgehead atoms. The van der Waals surface area contributed by atoms with Gasteiger partial charge in [0.25, 0.3) is 0 Å². The van der Waals surface area contributed by atoms with E-state index >= 15 is 0 Å². The molecule has 1 aliphatic heterocycles. The number of ether oxygens (including phenoxy) is 2. The number of piperazine rings is 1. The van der Waals surface area contributed by atoms with Crippen LogP contribution in [-0.4, -0.2) is 56.9 Å². The molecule has 2 rings (SSSR count). The zero-order valence-corrected chi connectivity index (χ0v) is 12.9. The fourth-order valence-corrected chi connectivity index (χ4v) is 2.23. The molecule has 0 saturated carbocycles. The van der Waals surface area contributed by atoms with Crippen molar-refractivity contribution in [1.82, 2.24) is 10.2 Å². The summed E-state index contributed by atoms with van der Waals surface area (Å²) in [5.74, 6) is 0.904. The maximum atomic E-state index is 5.62. The van der Waals surface area contributed by atoms with Gasteiger partial charge in [0.2, 0.25) is 0 Å². The summed E-state index contributed by atoms with van der Waals surface area (Å²) in [7, 11) is 0. The fourth-order valence-electron chi connectivity index (χ4n) is 2.23. The van der Waals surface area contributed by atoms with Crippen LogP contribution in [0.25, 0.3) is 0 Å². The van der Waals surface area contributed by atoms with Crippen molar-refractivity contribution in [3.63, 3.8) is 0 Å². The monoisotopic (exact) mass is 300 g/mol. The van der Waals surface area contributed by atoms with Crippen LogP contribution in [0, 0.1) is 0 Å². The summed E-state index contributed by atoms with van der Waals surface area (Å²) in [5, 5.41) is 3.39. The molecule has 1 N–H and O–H groups in total. The van der Waals surface area contributed by atoms with Crippen molar-refractivity contribution in [3.8, 4) is 5.75 Å². The van der Waals surface area contributed by atoms with E-state index in [0.29, 0.717) is 19.3 Å². The predicted octanol–water partition coefficient (Wildman–Crippen LogP) is 1.80. The number of nitrogens with zero attached hydrogens (tertiary/aromatic N) is 1. The molecule has 114 valence electrons. The summed E-state index contributed by atoms with van der Waals surface area (Å²) in [4.78, 5) is 2.47. The summed E-state index contributed by atoms with van der Waals surface area (Å²) in [6, 6.07) is 10.5. The highest BCUT2D eigenvalue weighted by Crippen LogP contribution is 2.07. The van der Waals surface area contributed by atoms with E-state index in [-0.39, 0.29) is 12.4 Å². The quantitative estimate of drug-likeness (QED) is 0.779. The van der Waals surface area contributed by atoms with Crippen LogP contribution < -0.4 is 10.1 Å². The molecule has 1 aliphatic rings. The average Bonchev–Trinajstić information content (AvgIpc) is 2.45. The van der Waals surface area contributed by atoms with E-state index in [1.165, 1.54) is 0 Å². The Morgan fingerprint density at radius 2 is 2.00 bits per heavy atom. The number of halogens is 1. The van der Waals surface area contributed by atoms with Gasteiger partial charge < -0.3 is 14.8 Å². The van der Waals surface area contributed by atoms with Crippen molar-refractivity contribution >= 4 is 12.4 Å². The van der Waals surface area contributed by atoms with E-state index in [9.17, 15) is 0 Å². The van der Waals surface area contributed by atoms with Gasteiger partial charge in [0.05, 0.1) is 13.2 Å². The summed E-state index contributed by atoms with van der Waals surface area (Å²) in [6.07, 6.45) is 0. The van der Waals surface area contributed by atoms with E-state index in [0.717, 1.165) is 38.5 Å². The number of nitrogens with one attached hydrogen (secondary N) is 1. The molecule has 0 spiro atoms. The van der Waals surface area contributed by atoms with Crippen molar-refractivity contribution < 1.29 is 9.47 Å². The molecule has 0 aliphatic carbocycles. The van der Waals surface area contributed by atoms with E-state index in [1.807, 2.05) is 30.3 Å². The lowest BCUT2D eigenvalue weighted by Crippen LogP contribution is -2.50. The van der Waals surface area contributed by atoms with Crippen LogP contribution in [0.3, 0.4) is 0 Å². The average molecular weight is 301 g/mol. The summed E-state index contributed by atoms with van der Waals surface area (Å²) in [6.45, 7) is 8.58. The van der Waals surface area contributed by atoms with Gasteiger partial charge in [0.1, 0.15) is 12.4 Å². The highest BCUT2D eigenvalue weighted by Gasteiger charge is 2.16. The van der Waals surface area contributed by atoms with Crippen LogP contribution >= 0.6 is 12.4 Å². The highest BCUT2D eigenvalue weighted by molar-refractivity contribution is 5.85. The lowest BCUT2D eigenvalue weighted by molar-refractivity contribution is 0.0643. The first-order valence-corrected chi connectivity index (χ1v) is 7.06. The SMILES string of the molecule is C[C@H]1CNCCN1CCOCCOc1ccccc1.Cl. The predicted molar refractivity (Wildman–Crippen MR) is 83.9 cm³/mol. The first-order chi connectivity index (χ1) is 9.36. The Bertz CT molecular complexity index is 351. The van der Waals surface area contributed by atoms with Crippen LogP contribution in [0.4, 0.5) is 0 Å². The van der Waals surface area contributed by atoms with E-state index in [2.05, 4.69) is 17.1 Å². The molecule has 0 aromatic heterocycles. The van der Waals surface area contributed by atoms with Crippen LogP contribution in [0.15, 0.2) is 30.3 Å². The Kier molecular flexibility index (Phi) is 8.62. The first kappa shape index (κ1) is 17.2. The molecular weight excluding hydrogens is 276 g/mol. The Labute approximate surface area is 127 Å². The molecule has 0 amide bonds. The van der Waals surface area contributed by atoms with Crippen LogP contribution in [0.2, 0.25) is 0 Å². The van der Waals surface area contributed by atoms with Gasteiger partial charge in [-0.05, 0) is 19.1 Å². The van der Waals surface area contributed by atoms with Crippen molar-refractivity contribution in [2.45, 2.75) is 13.0 Å². The molecule has 1 heterocycles. The van der Waals surface area contributed by atoms with Crippen molar-refractivity contribution in [2.24, 2.45) is 0 Å². The Morgan fingerprint density at radius 1 is 1.20 bits per heavy atom. The summed E-state index contributed by atoms with van der Waals surface area (Å²) >= 11 is 0. The van der Waals surface area contributed by atoms with Crippen molar-refractivity contribution in [3.05, 3.63) is 30.3 Å². The standard InChI is InChI=1S/C15H24N2O2.ClH/c1-14-13-16-7-8-17(14)9-10-18-11-12-19-15-5-3-2-4-6-15;/h2-6,14,16H,7-13H2,1H3;1H/t14-;/m0./s1. The van der Waals surface area contributed by atoms with Crippen LogP contribution in [-0.2, 0) is 4.74 Å². The van der Waals surface area contributed by atoms with Crippen LogP contribution in [0.1, 0.15) is 6.92 Å². The molecule has 1 atom stereocenters. The third-order valence-electron chi connectivity index (χ3n) is 3.40. The second kappa shape index (κ2) is 10.00. The van der Waals surface area contributed by atoms with E-state index in [4.69, 9.17) is 9.47 Å². The molecule has 20 heavy (non-hydrogen) atoms. The zero-order chi connectivity index (χ0) is 13.3. The lowest BCUT2D eigenvalue weighted by atomic mass is 10.2. The van der Waals surface area contributed by atoms with Gasteiger partial charge in [-0.3, -0.25) is 4.90 Å². The van der Waals surface area contributed by atoms with Gasteiger partial charge in [-0.2, -0.15) is 0 Å². The molecule has 1 fully saturated rings. The minimum atomic E-state index is 0. The summed E-state index contributed by atoms with van der Waals surface area (Å²) < 4.78 is 11.2. The number of rotatable bonds is 7. The molecule has 5 heteroatoms. The Morgan fingerprint density at radius 3 is 2.75 bits per heavy atom. The molecule has 1 aromatic carbocycles. The maximum Gasteiger partial charge on any atom is 0.119 e. The van der Waals surface area contributed by atoms with Gasteiger partial charge >= 0.3 is 0 Å². The number of hydrogen-bond acceptors (Lipinski definition) is 4. The zero-order valence-electron chi connectivity index (χ0n) is 12.1. The highest BCUT2D eigenvalue weighted by atomic mass is 35.5. The van der Waals surface area contributed by atoms with E-state index in [1.54, 1.807) is 0 Å². The topological polar surface area (TPSA) is 33.7 Å². The van der Waals surface area contributed by atoms with Gasteiger partial charge in [0.15, 0.2) is 0 Å². The smallest absolute Gasteiger partial charge is 0.119 e. The third-order valence-corrected chi connectivity index (χ3v) is 3.40. The molecule has 1 saturated heterocycles. The number of hydrogen-bond donors (Lipinski definition) is 1. The first-order valence-electron chi connectivity index (χ1n) is 7.06. The molecule has 1 aromatic rings. The van der Waals surface area contributed by atoms with Crippen LogP contribution in [0.5, 0.6) is 5.75 Å². The second-order valence-electron chi connectivity index (χ2n) is 4.86. The molecule has 0 radical (unpaired) electrons. The Balaban J connectivity index is 0.00000200.